The minimum absolute atomic E-state index is 0.221. The standard InChI is InChI=1S/C19H20N8OS/c1-26-16-12(17-18(26)25-14(29-17)7-11(21)5-6-20)8-24-27(19(16)28)9-10-3-2-4-13(22)15(10)23/h2-6,8,20H,7,9,21-23H2,1H3. The SMILES string of the molecule is Cn1c2nc(CC(N)=CC=N)sc2c2cnn(Cc3cccc(N)c3N)c(=O)c21. The van der Waals surface area contributed by atoms with Crippen LogP contribution < -0.4 is 22.8 Å². The number of nitrogens with zero attached hydrogens (tertiary/aromatic N) is 4. The van der Waals surface area contributed by atoms with E-state index in [4.69, 9.17) is 22.6 Å². The summed E-state index contributed by atoms with van der Waals surface area (Å²) in [7, 11) is 1.81. The Hall–Kier alpha value is -3.66. The van der Waals surface area contributed by atoms with Crippen molar-refractivity contribution in [2.24, 2.45) is 12.8 Å². The van der Waals surface area contributed by atoms with Gasteiger partial charge in [-0.25, -0.2) is 9.67 Å². The van der Waals surface area contributed by atoms with Crippen LogP contribution in [0.3, 0.4) is 0 Å². The van der Waals surface area contributed by atoms with Crippen LogP contribution >= 0.6 is 11.3 Å². The van der Waals surface area contributed by atoms with Crippen molar-refractivity contribution in [3.63, 3.8) is 0 Å². The summed E-state index contributed by atoms with van der Waals surface area (Å²) in [6.45, 7) is 0.230. The molecule has 1 aromatic carbocycles. The molecule has 0 amide bonds. The monoisotopic (exact) mass is 408 g/mol. The number of hydrogen-bond donors (Lipinski definition) is 4. The average molecular weight is 408 g/mol. The van der Waals surface area contributed by atoms with Gasteiger partial charge in [0, 0.05) is 30.8 Å². The lowest BCUT2D eigenvalue weighted by Crippen LogP contribution is -2.25. The van der Waals surface area contributed by atoms with Gasteiger partial charge in [-0.2, -0.15) is 5.10 Å². The van der Waals surface area contributed by atoms with Crippen molar-refractivity contribution in [2.75, 3.05) is 11.5 Å². The molecule has 3 aromatic heterocycles. The molecular formula is C19H20N8OS. The van der Waals surface area contributed by atoms with Gasteiger partial charge >= 0.3 is 0 Å². The number of hydrogen-bond acceptors (Lipinski definition) is 8. The molecule has 0 spiro atoms. The molecule has 0 aliphatic rings. The largest absolute Gasteiger partial charge is 0.402 e. The zero-order valence-corrected chi connectivity index (χ0v) is 16.5. The van der Waals surface area contributed by atoms with Crippen LogP contribution in [0, 0.1) is 5.41 Å². The Morgan fingerprint density at radius 1 is 1.34 bits per heavy atom. The molecule has 0 unspecified atom stereocenters. The van der Waals surface area contributed by atoms with Crippen LogP contribution in [-0.2, 0) is 20.0 Å². The van der Waals surface area contributed by atoms with Crippen molar-refractivity contribution in [3.8, 4) is 0 Å². The quantitative estimate of drug-likeness (QED) is 0.290. The Morgan fingerprint density at radius 3 is 2.90 bits per heavy atom. The van der Waals surface area contributed by atoms with E-state index in [1.165, 1.54) is 22.1 Å². The van der Waals surface area contributed by atoms with Crippen LogP contribution in [0.2, 0.25) is 0 Å². The summed E-state index contributed by atoms with van der Waals surface area (Å²) in [5.74, 6) is 0. The summed E-state index contributed by atoms with van der Waals surface area (Å²) in [5.41, 5.74) is 21.0. The van der Waals surface area contributed by atoms with Crippen LogP contribution in [0.1, 0.15) is 10.6 Å². The summed E-state index contributed by atoms with van der Waals surface area (Å²) in [5, 5.41) is 13.0. The lowest BCUT2D eigenvalue weighted by atomic mass is 10.1. The van der Waals surface area contributed by atoms with Crippen LogP contribution in [0.4, 0.5) is 11.4 Å². The molecule has 3 heterocycles. The number of rotatable bonds is 5. The molecule has 7 N–H and O–H groups in total. The average Bonchev–Trinajstić information content (AvgIpc) is 3.20. The van der Waals surface area contributed by atoms with Gasteiger partial charge in [0.1, 0.15) is 10.5 Å². The molecule has 4 aromatic rings. The van der Waals surface area contributed by atoms with E-state index in [9.17, 15) is 4.79 Å². The topological polar surface area (TPSA) is 155 Å². The minimum atomic E-state index is -0.221. The predicted molar refractivity (Wildman–Crippen MR) is 117 cm³/mol. The Bertz CT molecular complexity index is 1340. The number of aryl methyl sites for hydroxylation is 1. The van der Waals surface area contributed by atoms with Crippen LogP contribution in [0.15, 0.2) is 41.0 Å². The first-order valence-electron chi connectivity index (χ1n) is 8.82. The first-order chi connectivity index (χ1) is 13.9. The Kier molecular flexibility index (Phi) is 4.55. The molecule has 0 aliphatic heterocycles. The second-order valence-electron chi connectivity index (χ2n) is 6.69. The smallest absolute Gasteiger partial charge is 0.291 e. The van der Waals surface area contributed by atoms with Crippen LogP contribution in [0.5, 0.6) is 0 Å². The van der Waals surface area contributed by atoms with Gasteiger partial charge in [-0.1, -0.05) is 12.1 Å². The van der Waals surface area contributed by atoms with Crippen molar-refractivity contribution in [1.82, 2.24) is 19.3 Å². The van der Waals surface area contributed by atoms with Gasteiger partial charge in [0.2, 0.25) is 0 Å². The number of thiazole rings is 1. The van der Waals surface area contributed by atoms with Gasteiger partial charge in [0.05, 0.1) is 28.8 Å². The fourth-order valence-electron chi connectivity index (χ4n) is 3.29. The maximum Gasteiger partial charge on any atom is 0.291 e. The summed E-state index contributed by atoms with van der Waals surface area (Å²) in [6.07, 6.45) is 4.82. The van der Waals surface area contributed by atoms with Crippen molar-refractivity contribution in [2.45, 2.75) is 13.0 Å². The fraction of sp³-hybridized carbons (Fsp3) is 0.158. The first kappa shape index (κ1) is 18.7. The van der Waals surface area contributed by atoms with E-state index in [2.05, 4.69) is 10.1 Å². The predicted octanol–water partition coefficient (Wildman–Crippen LogP) is 1.59. The van der Waals surface area contributed by atoms with Gasteiger partial charge in [-0.3, -0.25) is 4.79 Å². The highest BCUT2D eigenvalue weighted by atomic mass is 32.1. The molecule has 0 atom stereocenters. The molecule has 4 rings (SSSR count). The molecule has 29 heavy (non-hydrogen) atoms. The third kappa shape index (κ3) is 3.13. The normalized spacial score (nSPS) is 12.1. The molecule has 0 aliphatic carbocycles. The van der Waals surface area contributed by atoms with Crippen LogP contribution in [-0.4, -0.2) is 25.5 Å². The second kappa shape index (κ2) is 7.06. The van der Waals surface area contributed by atoms with E-state index >= 15 is 0 Å². The van der Waals surface area contributed by atoms with Gasteiger partial charge in [-0.15, -0.1) is 11.3 Å². The third-order valence-electron chi connectivity index (χ3n) is 4.77. The number of fused-ring (bicyclic) bond motifs is 3. The number of benzene rings is 1. The maximum absolute atomic E-state index is 13.1. The van der Waals surface area contributed by atoms with Crippen molar-refractivity contribution in [1.29, 1.82) is 5.41 Å². The highest BCUT2D eigenvalue weighted by molar-refractivity contribution is 7.19. The van der Waals surface area contributed by atoms with E-state index in [0.717, 1.165) is 26.9 Å². The van der Waals surface area contributed by atoms with Gasteiger partial charge in [0.15, 0.2) is 5.65 Å². The molecule has 0 bridgehead atoms. The number of nitrogens with one attached hydrogen (secondary N) is 1. The molecule has 148 valence electrons. The third-order valence-corrected chi connectivity index (χ3v) is 5.85. The minimum Gasteiger partial charge on any atom is -0.402 e. The number of nitrogen functional groups attached to an aromatic ring is 2. The zero-order valence-electron chi connectivity index (χ0n) is 15.7. The lowest BCUT2D eigenvalue weighted by molar-refractivity contribution is 0.645. The highest BCUT2D eigenvalue weighted by Gasteiger charge is 2.18. The molecule has 0 radical (unpaired) electrons. The maximum atomic E-state index is 13.1. The fourth-order valence-corrected chi connectivity index (χ4v) is 4.43. The summed E-state index contributed by atoms with van der Waals surface area (Å²) >= 11 is 1.47. The summed E-state index contributed by atoms with van der Waals surface area (Å²) in [6, 6.07) is 5.34. The summed E-state index contributed by atoms with van der Waals surface area (Å²) < 4.78 is 4.05. The van der Waals surface area contributed by atoms with Crippen LogP contribution in [0.25, 0.3) is 21.3 Å². The molecule has 0 saturated heterocycles. The Morgan fingerprint density at radius 2 is 2.14 bits per heavy atom. The second-order valence-corrected chi connectivity index (χ2v) is 7.78. The first-order valence-corrected chi connectivity index (χ1v) is 9.64. The highest BCUT2D eigenvalue weighted by Crippen LogP contribution is 2.31. The van der Waals surface area contributed by atoms with Gasteiger partial charge < -0.3 is 27.2 Å². The van der Waals surface area contributed by atoms with Crippen molar-refractivity contribution >= 4 is 50.2 Å². The summed E-state index contributed by atoms with van der Waals surface area (Å²) in [4.78, 5) is 17.7. The van der Waals surface area contributed by atoms with E-state index in [1.54, 1.807) is 22.9 Å². The number of aromatic nitrogens is 4. The van der Waals surface area contributed by atoms with Crippen molar-refractivity contribution < 1.29 is 0 Å². The molecule has 9 nitrogen and oxygen atoms in total. The van der Waals surface area contributed by atoms with E-state index < -0.39 is 0 Å². The van der Waals surface area contributed by atoms with Crippen molar-refractivity contribution in [3.05, 3.63) is 57.1 Å². The number of para-hydroxylation sites is 1. The molecule has 0 fully saturated rings. The molecule has 10 heteroatoms. The van der Waals surface area contributed by atoms with E-state index in [-0.39, 0.29) is 12.1 Å². The van der Waals surface area contributed by atoms with Gasteiger partial charge in [-0.05, 0) is 17.7 Å². The number of allylic oxidation sites excluding steroid dienone is 2. The Labute approximate surface area is 169 Å². The number of anilines is 2. The number of nitrogens with two attached hydrogens (primary N) is 3. The lowest BCUT2D eigenvalue weighted by Gasteiger charge is -2.09. The zero-order chi connectivity index (χ0) is 20.7. The Balaban J connectivity index is 1.80. The molecule has 0 saturated carbocycles. The van der Waals surface area contributed by atoms with E-state index in [1.807, 2.05) is 13.1 Å². The van der Waals surface area contributed by atoms with Gasteiger partial charge in [0.25, 0.3) is 5.56 Å². The van der Waals surface area contributed by atoms with E-state index in [0.29, 0.717) is 34.7 Å². The molecular weight excluding hydrogens is 388 g/mol.